The molecule has 1 amide bonds. The fourth-order valence-electron chi connectivity index (χ4n) is 3.81. The average Bonchev–Trinajstić information content (AvgIpc) is 3.60. The van der Waals surface area contributed by atoms with Gasteiger partial charge in [-0.25, -0.2) is 4.68 Å². The number of carbonyl (C=O) groups excluding carboxylic acids is 1. The van der Waals surface area contributed by atoms with Crippen LogP contribution in [0.4, 0.5) is 5.82 Å². The fourth-order valence-corrected chi connectivity index (χ4v) is 4.65. The van der Waals surface area contributed by atoms with Crippen molar-refractivity contribution >= 4 is 23.5 Å². The first-order chi connectivity index (χ1) is 17.0. The van der Waals surface area contributed by atoms with Gasteiger partial charge in [-0.05, 0) is 38.5 Å². The van der Waals surface area contributed by atoms with Crippen molar-refractivity contribution in [3.8, 4) is 22.9 Å². The summed E-state index contributed by atoms with van der Waals surface area (Å²) in [6, 6.07) is 17.7. The molecule has 10 heteroatoms. The van der Waals surface area contributed by atoms with Gasteiger partial charge >= 0.3 is 0 Å². The zero-order valence-corrected chi connectivity index (χ0v) is 20.5. The van der Waals surface area contributed by atoms with Gasteiger partial charge in [-0.2, -0.15) is 5.10 Å². The highest BCUT2D eigenvalue weighted by Crippen LogP contribution is 2.34. The second-order valence-corrected chi connectivity index (χ2v) is 9.76. The van der Waals surface area contributed by atoms with Crippen molar-refractivity contribution in [2.24, 2.45) is 0 Å². The van der Waals surface area contributed by atoms with E-state index >= 15 is 0 Å². The zero-order chi connectivity index (χ0) is 24.4. The number of hydrogen-bond acceptors (Lipinski definition) is 7. The summed E-state index contributed by atoms with van der Waals surface area (Å²) in [5.41, 5.74) is 1.97. The smallest absolute Gasteiger partial charge is 0.238 e. The molecule has 180 valence electrons. The van der Waals surface area contributed by atoms with Gasteiger partial charge in [-0.1, -0.05) is 48.2 Å². The lowest BCUT2D eigenvalue weighted by atomic mass is 10.2. The minimum Gasteiger partial charge on any atom is -0.454 e. The molecule has 0 saturated heterocycles. The minimum atomic E-state index is -0.408. The number of benzene rings is 2. The summed E-state index contributed by atoms with van der Waals surface area (Å²) < 4.78 is 14.8. The summed E-state index contributed by atoms with van der Waals surface area (Å²) in [7, 11) is 0. The lowest BCUT2D eigenvalue weighted by Gasteiger charge is -2.16. The molecular formula is C25H26N6O3S. The Bertz CT molecular complexity index is 1330. The summed E-state index contributed by atoms with van der Waals surface area (Å²) in [6.07, 6.45) is 1.68. The maximum absolute atomic E-state index is 13.0. The normalized spacial score (nSPS) is 13.3. The van der Waals surface area contributed by atoms with Crippen LogP contribution in [0.25, 0.3) is 11.4 Å². The van der Waals surface area contributed by atoms with Gasteiger partial charge in [0.15, 0.2) is 22.5 Å². The number of hydrogen-bond donors (Lipinski definition) is 1. The Morgan fingerprint density at radius 1 is 1.06 bits per heavy atom. The monoisotopic (exact) mass is 490 g/mol. The standard InChI is InChI=1S/C25H26N6O3S/c1-16(2)31-22(11-12-26-31)27-24(32)17(3)35-25-29-28-23(19-7-5-4-6-8-19)30(25)14-18-9-10-20-21(13-18)34-15-33-20/h4-13,16-17H,14-15H2,1-3H3,(H,27,32)/t17-/m1/s1. The van der Waals surface area contributed by atoms with Crippen molar-refractivity contribution in [3.63, 3.8) is 0 Å². The van der Waals surface area contributed by atoms with Crippen molar-refractivity contribution in [1.82, 2.24) is 24.5 Å². The first kappa shape index (κ1) is 23.0. The third kappa shape index (κ3) is 4.88. The summed E-state index contributed by atoms with van der Waals surface area (Å²) >= 11 is 1.37. The van der Waals surface area contributed by atoms with Crippen molar-refractivity contribution in [1.29, 1.82) is 0 Å². The van der Waals surface area contributed by atoms with Gasteiger partial charge in [-0.3, -0.25) is 9.36 Å². The number of amides is 1. The quantitative estimate of drug-likeness (QED) is 0.360. The van der Waals surface area contributed by atoms with E-state index in [0.717, 1.165) is 28.5 Å². The van der Waals surface area contributed by atoms with E-state index in [1.165, 1.54) is 11.8 Å². The molecule has 1 atom stereocenters. The number of nitrogens with zero attached hydrogens (tertiary/aromatic N) is 5. The summed E-state index contributed by atoms with van der Waals surface area (Å²) in [4.78, 5) is 13.0. The van der Waals surface area contributed by atoms with E-state index in [0.29, 0.717) is 17.5 Å². The van der Waals surface area contributed by atoms with E-state index < -0.39 is 5.25 Å². The molecule has 1 aliphatic heterocycles. The van der Waals surface area contributed by atoms with E-state index in [9.17, 15) is 4.79 Å². The summed E-state index contributed by atoms with van der Waals surface area (Å²) in [5, 5.41) is 16.4. The highest BCUT2D eigenvalue weighted by Gasteiger charge is 2.23. The van der Waals surface area contributed by atoms with Crippen LogP contribution in [-0.2, 0) is 11.3 Å². The number of anilines is 1. The molecule has 2 aromatic carbocycles. The van der Waals surface area contributed by atoms with Crippen molar-refractivity contribution in [2.45, 2.75) is 43.8 Å². The molecule has 0 radical (unpaired) electrons. The molecule has 2 aromatic heterocycles. The summed E-state index contributed by atoms with van der Waals surface area (Å²) in [5.74, 6) is 2.73. The van der Waals surface area contributed by atoms with Gasteiger partial charge in [0.1, 0.15) is 5.82 Å². The molecule has 5 rings (SSSR count). The first-order valence-corrected chi connectivity index (χ1v) is 12.3. The number of carbonyl (C=O) groups is 1. The highest BCUT2D eigenvalue weighted by atomic mass is 32.2. The van der Waals surface area contributed by atoms with Crippen molar-refractivity contribution in [2.75, 3.05) is 12.1 Å². The molecule has 0 aliphatic carbocycles. The van der Waals surface area contributed by atoms with Gasteiger partial charge in [0, 0.05) is 17.7 Å². The molecule has 1 N–H and O–H groups in total. The number of nitrogens with one attached hydrogen (secondary N) is 1. The van der Waals surface area contributed by atoms with Crippen LogP contribution < -0.4 is 14.8 Å². The Morgan fingerprint density at radius 3 is 2.66 bits per heavy atom. The number of rotatable bonds is 8. The molecule has 0 saturated carbocycles. The van der Waals surface area contributed by atoms with E-state index in [2.05, 4.69) is 20.6 Å². The molecule has 3 heterocycles. The van der Waals surface area contributed by atoms with Gasteiger partial charge in [0.25, 0.3) is 0 Å². The average molecular weight is 491 g/mol. The number of thioether (sulfide) groups is 1. The largest absolute Gasteiger partial charge is 0.454 e. The number of fused-ring (bicyclic) bond motifs is 1. The lowest BCUT2D eigenvalue weighted by Crippen LogP contribution is -2.25. The number of aromatic nitrogens is 5. The fraction of sp³-hybridized carbons (Fsp3) is 0.280. The maximum atomic E-state index is 13.0. The van der Waals surface area contributed by atoms with Crippen molar-refractivity contribution < 1.29 is 14.3 Å². The molecular weight excluding hydrogens is 464 g/mol. The lowest BCUT2D eigenvalue weighted by molar-refractivity contribution is -0.115. The molecule has 0 spiro atoms. The maximum Gasteiger partial charge on any atom is 0.238 e. The third-order valence-electron chi connectivity index (χ3n) is 5.59. The highest BCUT2D eigenvalue weighted by molar-refractivity contribution is 8.00. The molecule has 0 bridgehead atoms. The predicted molar refractivity (Wildman–Crippen MR) is 134 cm³/mol. The number of ether oxygens (including phenoxy) is 2. The van der Waals surface area contributed by atoms with Crippen LogP contribution in [-0.4, -0.2) is 42.5 Å². The van der Waals surface area contributed by atoms with E-state index in [4.69, 9.17) is 9.47 Å². The SMILES string of the molecule is CC(C)n1nccc1NC(=O)[C@@H](C)Sc1nnc(-c2ccccc2)n1Cc1ccc2c(c1)OCO2. The van der Waals surface area contributed by atoms with Crippen LogP contribution in [0.3, 0.4) is 0 Å². The first-order valence-electron chi connectivity index (χ1n) is 11.4. The topological polar surface area (TPSA) is 96.1 Å². The molecule has 0 unspecified atom stereocenters. The molecule has 0 fully saturated rings. The Balaban J connectivity index is 1.40. The van der Waals surface area contributed by atoms with Crippen LogP contribution >= 0.6 is 11.8 Å². The minimum absolute atomic E-state index is 0.128. The van der Waals surface area contributed by atoms with Crippen LogP contribution in [0, 0.1) is 0 Å². The molecule has 4 aromatic rings. The molecule has 9 nitrogen and oxygen atoms in total. The van der Waals surface area contributed by atoms with E-state index in [1.807, 2.05) is 73.9 Å². The van der Waals surface area contributed by atoms with E-state index in [1.54, 1.807) is 16.9 Å². The van der Waals surface area contributed by atoms with Crippen LogP contribution in [0.1, 0.15) is 32.4 Å². The Morgan fingerprint density at radius 2 is 1.86 bits per heavy atom. The van der Waals surface area contributed by atoms with Gasteiger partial charge in [-0.15, -0.1) is 10.2 Å². The van der Waals surface area contributed by atoms with Gasteiger partial charge in [0.05, 0.1) is 18.0 Å². The molecule has 35 heavy (non-hydrogen) atoms. The Labute approximate surface area is 207 Å². The van der Waals surface area contributed by atoms with Crippen LogP contribution in [0.5, 0.6) is 11.5 Å². The summed E-state index contributed by atoms with van der Waals surface area (Å²) in [6.45, 7) is 6.64. The Hall–Kier alpha value is -3.79. The predicted octanol–water partition coefficient (Wildman–Crippen LogP) is 4.62. The van der Waals surface area contributed by atoms with Crippen molar-refractivity contribution in [3.05, 3.63) is 66.4 Å². The van der Waals surface area contributed by atoms with Gasteiger partial charge < -0.3 is 14.8 Å². The second-order valence-electron chi connectivity index (χ2n) is 8.45. The van der Waals surface area contributed by atoms with E-state index in [-0.39, 0.29) is 18.7 Å². The Kier molecular flexibility index (Phi) is 6.45. The van der Waals surface area contributed by atoms with Gasteiger partial charge in [0.2, 0.25) is 12.7 Å². The second kappa shape index (κ2) is 9.83. The zero-order valence-electron chi connectivity index (χ0n) is 19.7. The molecule has 1 aliphatic rings. The third-order valence-corrected chi connectivity index (χ3v) is 6.67. The van der Waals surface area contributed by atoms with Crippen LogP contribution in [0.2, 0.25) is 0 Å². The van der Waals surface area contributed by atoms with Crippen LogP contribution in [0.15, 0.2) is 66.0 Å².